The molecule has 1 N–H and O–H groups in total. The first-order valence-corrected chi connectivity index (χ1v) is 6.34. The molecule has 4 nitrogen and oxygen atoms in total. The number of nitrogens with one attached hydrogen (secondary N) is 1. The minimum absolute atomic E-state index is 0.224. The van der Waals surface area contributed by atoms with Crippen LogP contribution >= 0.6 is 11.6 Å². The van der Waals surface area contributed by atoms with Crippen molar-refractivity contribution in [3.8, 4) is 0 Å². The van der Waals surface area contributed by atoms with E-state index in [-0.39, 0.29) is 11.9 Å². The first-order valence-electron chi connectivity index (χ1n) is 5.96. The average molecular weight is 279 g/mol. The summed E-state index contributed by atoms with van der Waals surface area (Å²) in [5.41, 5.74) is 1.14. The molecule has 1 amide bonds. The van der Waals surface area contributed by atoms with E-state index in [9.17, 15) is 4.79 Å². The molecule has 1 unspecified atom stereocenters. The van der Waals surface area contributed by atoms with E-state index in [2.05, 4.69) is 10.3 Å². The fraction of sp³-hybridized carbons (Fsp3) is 0.286. The summed E-state index contributed by atoms with van der Waals surface area (Å²) in [7, 11) is 0. The topological polar surface area (TPSA) is 55.1 Å². The average Bonchev–Trinajstić information content (AvgIpc) is 2.75. The van der Waals surface area contributed by atoms with Gasteiger partial charge in [-0.05, 0) is 39.0 Å². The number of aromatic nitrogens is 1. The maximum Gasteiger partial charge on any atom is 0.254 e. The van der Waals surface area contributed by atoms with Crippen molar-refractivity contribution in [2.24, 2.45) is 0 Å². The monoisotopic (exact) mass is 278 g/mol. The molecule has 0 aliphatic rings. The van der Waals surface area contributed by atoms with Crippen LogP contribution in [-0.2, 0) is 0 Å². The van der Waals surface area contributed by atoms with Gasteiger partial charge in [0.05, 0.1) is 16.6 Å². The fourth-order valence-corrected chi connectivity index (χ4v) is 2.02. The van der Waals surface area contributed by atoms with Gasteiger partial charge in [-0.1, -0.05) is 11.6 Å². The molecule has 0 aliphatic heterocycles. The number of hydrogen-bond acceptors (Lipinski definition) is 3. The Morgan fingerprint density at radius 2 is 2.16 bits per heavy atom. The standard InChI is InChI=1S/C14H15ClN2O2/c1-8-6-12(15)11(7-16-8)14(18)17-10(3)13-5-4-9(2)19-13/h4-7,10H,1-3H3,(H,17,18). The van der Waals surface area contributed by atoms with Gasteiger partial charge in [0.2, 0.25) is 0 Å². The molecular formula is C14H15ClN2O2. The first-order chi connectivity index (χ1) is 8.97. The number of aryl methyl sites for hydroxylation is 2. The molecule has 0 radical (unpaired) electrons. The second kappa shape index (κ2) is 5.45. The van der Waals surface area contributed by atoms with Crippen molar-refractivity contribution in [2.75, 3.05) is 0 Å². The van der Waals surface area contributed by atoms with Gasteiger partial charge in [-0.25, -0.2) is 0 Å². The minimum atomic E-state index is -0.265. The van der Waals surface area contributed by atoms with Crippen molar-refractivity contribution in [1.29, 1.82) is 0 Å². The SMILES string of the molecule is Cc1cc(Cl)c(C(=O)NC(C)c2ccc(C)o2)cn1. The third-order valence-corrected chi connectivity index (χ3v) is 3.08. The van der Waals surface area contributed by atoms with Crippen LogP contribution < -0.4 is 5.32 Å². The van der Waals surface area contributed by atoms with Crippen LogP contribution in [0.2, 0.25) is 5.02 Å². The van der Waals surface area contributed by atoms with Crippen LogP contribution in [0.1, 0.15) is 40.5 Å². The number of nitrogens with zero attached hydrogens (tertiary/aromatic N) is 1. The van der Waals surface area contributed by atoms with Crippen molar-refractivity contribution in [3.05, 3.63) is 52.2 Å². The molecule has 0 saturated carbocycles. The molecule has 2 heterocycles. The predicted octanol–water partition coefficient (Wildman–Crippen LogP) is 3.44. The molecule has 0 aromatic carbocycles. The maximum absolute atomic E-state index is 12.1. The minimum Gasteiger partial charge on any atom is -0.464 e. The van der Waals surface area contributed by atoms with E-state index in [1.807, 2.05) is 32.9 Å². The molecule has 0 bridgehead atoms. The van der Waals surface area contributed by atoms with Crippen LogP contribution in [0.5, 0.6) is 0 Å². The summed E-state index contributed by atoms with van der Waals surface area (Å²) in [5.74, 6) is 1.26. The van der Waals surface area contributed by atoms with Gasteiger partial charge in [0, 0.05) is 11.9 Å². The van der Waals surface area contributed by atoms with E-state index in [4.69, 9.17) is 16.0 Å². The second-order valence-electron chi connectivity index (χ2n) is 4.45. The fourth-order valence-electron chi connectivity index (χ4n) is 1.73. The lowest BCUT2D eigenvalue weighted by Crippen LogP contribution is -2.26. The predicted molar refractivity (Wildman–Crippen MR) is 73.3 cm³/mol. The Morgan fingerprint density at radius 3 is 2.74 bits per heavy atom. The second-order valence-corrected chi connectivity index (χ2v) is 4.86. The molecule has 5 heteroatoms. The summed E-state index contributed by atoms with van der Waals surface area (Å²) in [4.78, 5) is 16.2. The highest BCUT2D eigenvalue weighted by Gasteiger charge is 2.16. The number of carbonyl (C=O) groups excluding carboxylic acids is 1. The van der Waals surface area contributed by atoms with Crippen LogP contribution in [0.25, 0.3) is 0 Å². The van der Waals surface area contributed by atoms with Gasteiger partial charge in [0.1, 0.15) is 11.5 Å². The normalized spacial score (nSPS) is 12.2. The molecule has 2 aromatic heterocycles. The van der Waals surface area contributed by atoms with Gasteiger partial charge in [-0.15, -0.1) is 0 Å². The third kappa shape index (κ3) is 3.15. The number of pyridine rings is 1. The highest BCUT2D eigenvalue weighted by atomic mass is 35.5. The Hall–Kier alpha value is -1.81. The molecular weight excluding hydrogens is 264 g/mol. The summed E-state index contributed by atoms with van der Waals surface area (Å²) in [6.45, 7) is 5.53. The summed E-state index contributed by atoms with van der Waals surface area (Å²) in [5, 5.41) is 3.23. The van der Waals surface area contributed by atoms with E-state index in [1.54, 1.807) is 6.07 Å². The summed E-state index contributed by atoms with van der Waals surface area (Å²) in [6, 6.07) is 5.14. The molecule has 1 atom stereocenters. The van der Waals surface area contributed by atoms with Gasteiger partial charge >= 0.3 is 0 Å². The van der Waals surface area contributed by atoms with Crippen molar-refractivity contribution >= 4 is 17.5 Å². The number of furan rings is 1. The Kier molecular flexibility index (Phi) is 3.90. The molecule has 100 valence electrons. The third-order valence-electron chi connectivity index (χ3n) is 2.77. The molecule has 2 rings (SSSR count). The van der Waals surface area contributed by atoms with Crippen LogP contribution in [0.4, 0.5) is 0 Å². The number of carbonyl (C=O) groups is 1. The Morgan fingerprint density at radius 1 is 1.42 bits per heavy atom. The van der Waals surface area contributed by atoms with Crippen LogP contribution in [0.15, 0.2) is 28.8 Å². The van der Waals surface area contributed by atoms with Crippen LogP contribution in [0, 0.1) is 13.8 Å². The molecule has 0 fully saturated rings. The number of halogens is 1. The molecule has 0 saturated heterocycles. The lowest BCUT2D eigenvalue weighted by molar-refractivity contribution is 0.0935. The Balaban J connectivity index is 2.12. The van der Waals surface area contributed by atoms with Crippen LogP contribution in [-0.4, -0.2) is 10.9 Å². The van der Waals surface area contributed by atoms with E-state index in [0.717, 1.165) is 11.5 Å². The van der Waals surface area contributed by atoms with Gasteiger partial charge in [-0.3, -0.25) is 9.78 Å². The first kappa shape index (κ1) is 13.6. The van der Waals surface area contributed by atoms with E-state index in [1.165, 1.54) is 6.20 Å². The number of amides is 1. The van der Waals surface area contributed by atoms with Crippen molar-refractivity contribution in [2.45, 2.75) is 26.8 Å². The highest BCUT2D eigenvalue weighted by Crippen LogP contribution is 2.19. The van der Waals surface area contributed by atoms with E-state index in [0.29, 0.717) is 16.3 Å². The maximum atomic E-state index is 12.1. The van der Waals surface area contributed by atoms with Gasteiger partial charge in [0.15, 0.2) is 0 Å². The van der Waals surface area contributed by atoms with Crippen molar-refractivity contribution in [1.82, 2.24) is 10.3 Å². The molecule has 19 heavy (non-hydrogen) atoms. The lowest BCUT2D eigenvalue weighted by atomic mass is 10.2. The molecule has 2 aromatic rings. The van der Waals surface area contributed by atoms with Crippen molar-refractivity contribution in [3.63, 3.8) is 0 Å². The zero-order chi connectivity index (χ0) is 14.0. The molecule has 0 aliphatic carbocycles. The zero-order valence-electron chi connectivity index (χ0n) is 11.0. The Labute approximate surface area is 116 Å². The summed E-state index contributed by atoms with van der Waals surface area (Å²) in [6.07, 6.45) is 1.48. The van der Waals surface area contributed by atoms with Gasteiger partial charge in [-0.2, -0.15) is 0 Å². The lowest BCUT2D eigenvalue weighted by Gasteiger charge is -2.12. The van der Waals surface area contributed by atoms with Crippen molar-refractivity contribution < 1.29 is 9.21 Å². The molecule has 0 spiro atoms. The van der Waals surface area contributed by atoms with Crippen LogP contribution in [0.3, 0.4) is 0 Å². The Bertz CT molecular complexity index is 607. The smallest absolute Gasteiger partial charge is 0.254 e. The summed E-state index contributed by atoms with van der Waals surface area (Å²) >= 11 is 6.03. The quantitative estimate of drug-likeness (QED) is 0.936. The number of rotatable bonds is 3. The zero-order valence-corrected chi connectivity index (χ0v) is 11.8. The van der Waals surface area contributed by atoms with E-state index < -0.39 is 0 Å². The van der Waals surface area contributed by atoms with Gasteiger partial charge in [0.25, 0.3) is 5.91 Å². The largest absolute Gasteiger partial charge is 0.464 e. The van der Waals surface area contributed by atoms with Gasteiger partial charge < -0.3 is 9.73 Å². The summed E-state index contributed by atoms with van der Waals surface area (Å²) < 4.78 is 5.47. The van der Waals surface area contributed by atoms with E-state index >= 15 is 0 Å². The highest BCUT2D eigenvalue weighted by molar-refractivity contribution is 6.33. The number of hydrogen-bond donors (Lipinski definition) is 1.